The van der Waals surface area contributed by atoms with Crippen molar-refractivity contribution in [1.82, 2.24) is 9.80 Å². The molecular formula is C30H49F3N2O4. The van der Waals surface area contributed by atoms with Gasteiger partial charge in [-0.05, 0) is 68.6 Å². The van der Waals surface area contributed by atoms with Crippen LogP contribution in [0.2, 0.25) is 0 Å². The molecule has 6 nitrogen and oxygen atoms in total. The molecule has 0 bridgehead atoms. The van der Waals surface area contributed by atoms with Crippen LogP contribution in [0.5, 0.6) is 0 Å². The topological polar surface area (TPSA) is 51.2 Å². The van der Waals surface area contributed by atoms with Crippen molar-refractivity contribution >= 4 is 5.97 Å². The first-order chi connectivity index (χ1) is 18.5. The predicted molar refractivity (Wildman–Crippen MR) is 148 cm³/mol. The molecule has 2 atom stereocenters. The SMILES string of the molecule is COCC(C)(COC)CN(CCF)CCCN(C)CC[C@@]1(OC(=O)CF)CCc2cc(F)ccc2[C@@H]1C(C)C. The molecule has 0 fully saturated rings. The number of methoxy groups -OCH3 is 2. The Labute approximate surface area is 233 Å². The monoisotopic (exact) mass is 558 g/mol. The van der Waals surface area contributed by atoms with Gasteiger partial charge in [0.15, 0.2) is 6.67 Å². The highest BCUT2D eigenvalue weighted by molar-refractivity contribution is 5.71. The number of rotatable bonds is 18. The molecule has 224 valence electrons. The number of fused-ring (bicyclic) bond motifs is 1. The summed E-state index contributed by atoms with van der Waals surface area (Å²) in [6, 6.07) is 4.79. The van der Waals surface area contributed by atoms with Gasteiger partial charge in [0.25, 0.3) is 0 Å². The Hall–Kier alpha value is -1.68. The largest absolute Gasteiger partial charge is 0.456 e. The Balaban J connectivity index is 2.08. The molecule has 1 aromatic carbocycles. The summed E-state index contributed by atoms with van der Waals surface area (Å²) in [6.45, 7) is 8.83. The summed E-state index contributed by atoms with van der Waals surface area (Å²) in [4.78, 5) is 16.5. The van der Waals surface area contributed by atoms with Gasteiger partial charge >= 0.3 is 5.97 Å². The maximum atomic E-state index is 13.9. The van der Waals surface area contributed by atoms with Crippen molar-refractivity contribution in [2.24, 2.45) is 11.3 Å². The molecule has 0 saturated carbocycles. The molecule has 1 aliphatic rings. The predicted octanol–water partition coefficient (Wildman–Crippen LogP) is 5.05. The van der Waals surface area contributed by atoms with Crippen LogP contribution in [0.3, 0.4) is 0 Å². The van der Waals surface area contributed by atoms with Gasteiger partial charge < -0.3 is 19.1 Å². The minimum atomic E-state index is -1.17. The summed E-state index contributed by atoms with van der Waals surface area (Å²) in [5, 5.41) is 0. The number of alkyl halides is 2. The van der Waals surface area contributed by atoms with E-state index in [9.17, 15) is 18.0 Å². The lowest BCUT2D eigenvalue weighted by Crippen LogP contribution is -2.49. The van der Waals surface area contributed by atoms with Crippen molar-refractivity contribution in [3.05, 3.63) is 35.1 Å². The molecule has 0 amide bonds. The molecule has 0 N–H and O–H groups in total. The maximum absolute atomic E-state index is 13.9. The first-order valence-corrected chi connectivity index (χ1v) is 14.0. The van der Waals surface area contributed by atoms with Gasteiger partial charge in [-0.1, -0.05) is 26.8 Å². The Morgan fingerprint density at radius 2 is 1.82 bits per heavy atom. The average Bonchev–Trinajstić information content (AvgIpc) is 2.87. The number of hydrogen-bond donors (Lipinski definition) is 0. The van der Waals surface area contributed by atoms with Crippen LogP contribution in [-0.4, -0.2) is 102 Å². The molecule has 1 aliphatic carbocycles. The van der Waals surface area contributed by atoms with E-state index in [-0.39, 0.29) is 23.1 Å². The van der Waals surface area contributed by atoms with Crippen LogP contribution in [-0.2, 0) is 25.4 Å². The van der Waals surface area contributed by atoms with E-state index in [0.717, 1.165) is 30.6 Å². The average molecular weight is 559 g/mol. The van der Waals surface area contributed by atoms with E-state index in [1.807, 2.05) is 7.05 Å². The third-order valence-electron chi connectivity index (χ3n) is 7.84. The Morgan fingerprint density at radius 1 is 1.13 bits per heavy atom. The molecule has 9 heteroatoms. The third-order valence-corrected chi connectivity index (χ3v) is 7.84. The minimum Gasteiger partial charge on any atom is -0.456 e. The smallest absolute Gasteiger partial charge is 0.338 e. The fraction of sp³-hybridized carbons (Fsp3) is 0.767. The third kappa shape index (κ3) is 9.73. The second-order valence-corrected chi connectivity index (χ2v) is 11.8. The van der Waals surface area contributed by atoms with Gasteiger partial charge in [0.1, 0.15) is 18.1 Å². The van der Waals surface area contributed by atoms with Crippen LogP contribution >= 0.6 is 0 Å². The number of benzene rings is 1. The molecule has 0 aromatic heterocycles. The standard InChI is InChI=1S/C30H49F3N2O4/c1-23(2)28-26-9-8-25(33)18-24(26)10-11-30(28,39-27(36)19-32)12-16-34(4)14-7-15-35(17-13-31)20-29(3,21-37-5)22-38-6/h8-9,18,23,28H,7,10-17,19-22H2,1-6H3/t28-,30-/m0/s1. The van der Waals surface area contributed by atoms with Gasteiger partial charge in [0.2, 0.25) is 0 Å². The lowest BCUT2D eigenvalue weighted by atomic mass is 9.65. The number of esters is 1. The lowest BCUT2D eigenvalue weighted by molar-refractivity contribution is -0.168. The van der Waals surface area contributed by atoms with Gasteiger partial charge in [-0.15, -0.1) is 0 Å². The fourth-order valence-corrected chi connectivity index (χ4v) is 6.36. The van der Waals surface area contributed by atoms with Crippen LogP contribution in [0.25, 0.3) is 0 Å². The van der Waals surface area contributed by atoms with Crippen LogP contribution in [0.15, 0.2) is 18.2 Å². The van der Waals surface area contributed by atoms with Crippen LogP contribution in [0, 0.1) is 17.2 Å². The molecule has 0 spiro atoms. The molecule has 0 radical (unpaired) electrons. The number of carbonyl (C=O) groups excluding carboxylic acids is 1. The number of carbonyl (C=O) groups is 1. The Kier molecular flexibility index (Phi) is 13.7. The summed E-state index contributed by atoms with van der Waals surface area (Å²) in [5.74, 6) is -1.19. The van der Waals surface area contributed by atoms with Crippen LogP contribution in [0.1, 0.15) is 57.1 Å². The molecule has 1 aromatic rings. The second kappa shape index (κ2) is 15.9. The number of hydrogen-bond acceptors (Lipinski definition) is 6. The maximum Gasteiger partial charge on any atom is 0.338 e. The zero-order chi connectivity index (χ0) is 29.1. The summed E-state index contributed by atoms with van der Waals surface area (Å²) in [7, 11) is 5.33. The van der Waals surface area contributed by atoms with Crippen molar-refractivity contribution in [3.63, 3.8) is 0 Å². The molecule has 0 aliphatic heterocycles. The van der Waals surface area contributed by atoms with E-state index >= 15 is 0 Å². The van der Waals surface area contributed by atoms with E-state index < -0.39 is 24.9 Å². The highest BCUT2D eigenvalue weighted by Gasteiger charge is 2.47. The van der Waals surface area contributed by atoms with Crippen molar-refractivity contribution in [3.8, 4) is 0 Å². The van der Waals surface area contributed by atoms with E-state index in [2.05, 4.69) is 30.6 Å². The quantitative estimate of drug-likeness (QED) is 0.235. The van der Waals surface area contributed by atoms with Gasteiger partial charge in [-0.25, -0.2) is 18.0 Å². The first-order valence-electron chi connectivity index (χ1n) is 14.0. The fourth-order valence-electron chi connectivity index (χ4n) is 6.36. The van der Waals surface area contributed by atoms with Crippen molar-refractivity contribution < 1.29 is 32.2 Å². The number of ether oxygens (including phenoxy) is 3. The highest BCUT2D eigenvalue weighted by atomic mass is 19.1. The number of halogens is 3. The summed E-state index contributed by atoms with van der Waals surface area (Å²) >= 11 is 0. The molecule has 2 rings (SSSR count). The molecule has 0 heterocycles. The highest BCUT2D eigenvalue weighted by Crippen LogP contribution is 2.48. The molecule has 0 saturated heterocycles. The van der Waals surface area contributed by atoms with E-state index in [1.54, 1.807) is 26.4 Å². The normalized spacial score (nSPS) is 19.6. The van der Waals surface area contributed by atoms with Crippen molar-refractivity contribution in [2.75, 3.05) is 80.6 Å². The number of nitrogens with zero attached hydrogens (tertiary/aromatic N) is 2. The van der Waals surface area contributed by atoms with E-state index in [4.69, 9.17) is 14.2 Å². The lowest BCUT2D eigenvalue weighted by Gasteiger charge is -2.47. The Morgan fingerprint density at radius 3 is 2.41 bits per heavy atom. The zero-order valence-electron chi connectivity index (χ0n) is 24.7. The second-order valence-electron chi connectivity index (χ2n) is 11.8. The van der Waals surface area contributed by atoms with Crippen molar-refractivity contribution in [2.45, 2.75) is 58.0 Å². The molecule has 0 unspecified atom stereocenters. The van der Waals surface area contributed by atoms with Gasteiger partial charge in [0, 0.05) is 51.6 Å². The minimum absolute atomic E-state index is 0.106. The van der Waals surface area contributed by atoms with Crippen LogP contribution in [0.4, 0.5) is 13.2 Å². The molecule has 39 heavy (non-hydrogen) atoms. The van der Waals surface area contributed by atoms with Gasteiger partial charge in [0.05, 0.1) is 13.2 Å². The summed E-state index contributed by atoms with van der Waals surface area (Å²) < 4.78 is 57.2. The number of aryl methyl sites for hydroxylation is 1. The van der Waals surface area contributed by atoms with Gasteiger partial charge in [-0.2, -0.15) is 0 Å². The molecular weight excluding hydrogens is 509 g/mol. The van der Waals surface area contributed by atoms with E-state index in [0.29, 0.717) is 52.1 Å². The first kappa shape index (κ1) is 33.5. The summed E-state index contributed by atoms with van der Waals surface area (Å²) in [6.07, 6.45) is 2.47. The Bertz CT molecular complexity index is 882. The van der Waals surface area contributed by atoms with Crippen molar-refractivity contribution in [1.29, 1.82) is 0 Å². The van der Waals surface area contributed by atoms with Crippen LogP contribution < -0.4 is 0 Å². The van der Waals surface area contributed by atoms with E-state index in [1.165, 1.54) is 6.07 Å². The zero-order valence-corrected chi connectivity index (χ0v) is 24.7. The summed E-state index contributed by atoms with van der Waals surface area (Å²) in [5.41, 5.74) is 0.808. The van der Waals surface area contributed by atoms with Gasteiger partial charge in [-0.3, -0.25) is 4.90 Å².